The van der Waals surface area contributed by atoms with Crippen molar-refractivity contribution in [2.75, 3.05) is 11.9 Å². The number of para-hydroxylation sites is 1. The van der Waals surface area contributed by atoms with Gasteiger partial charge in [0.25, 0.3) is 0 Å². The number of benzene rings is 2. The van der Waals surface area contributed by atoms with Gasteiger partial charge < -0.3 is 10.1 Å². The average molecular weight is 360 g/mol. The van der Waals surface area contributed by atoms with Crippen molar-refractivity contribution >= 4 is 33.6 Å². The summed E-state index contributed by atoms with van der Waals surface area (Å²) in [5.74, 6) is 0.586. The van der Waals surface area contributed by atoms with Gasteiger partial charge in [-0.25, -0.2) is 0 Å². The monoisotopic (exact) mass is 359 g/mol. The second-order valence-electron chi connectivity index (χ2n) is 4.75. The largest absolute Gasteiger partial charge is 0.493 e. The van der Waals surface area contributed by atoms with Gasteiger partial charge in [0.2, 0.25) is 5.91 Å². The van der Waals surface area contributed by atoms with Gasteiger partial charge in [-0.1, -0.05) is 34.1 Å². The van der Waals surface area contributed by atoms with Crippen LogP contribution in [0.5, 0.6) is 5.75 Å². The number of carbonyl (C=O) groups excluding carboxylic acids is 1. The number of hydrogen-bond acceptors (Lipinski definition) is 2. The highest BCUT2D eigenvalue weighted by Crippen LogP contribution is 2.24. The molecule has 0 atom stereocenters. The zero-order valence-electron chi connectivity index (χ0n) is 12.6. The summed E-state index contributed by atoms with van der Waals surface area (Å²) in [5, 5.41) is 2.87. The fraction of sp³-hybridized carbons (Fsp3) is 0.167. The normalized spacial score (nSPS) is 10.7. The molecule has 1 N–H and O–H groups in total. The molecule has 0 saturated carbocycles. The first kappa shape index (κ1) is 16.3. The molecule has 3 nitrogen and oxygen atoms in total. The average Bonchev–Trinajstić information content (AvgIpc) is 2.50. The van der Waals surface area contributed by atoms with Crippen molar-refractivity contribution in [3.63, 3.8) is 0 Å². The van der Waals surface area contributed by atoms with Crippen molar-refractivity contribution in [3.05, 3.63) is 64.1 Å². The summed E-state index contributed by atoms with van der Waals surface area (Å²) in [7, 11) is 0. The van der Waals surface area contributed by atoms with Gasteiger partial charge in [0.1, 0.15) is 5.75 Å². The molecular formula is C18H18BrNO2. The molecule has 114 valence electrons. The summed E-state index contributed by atoms with van der Waals surface area (Å²) in [6.07, 6.45) is 3.26. The van der Waals surface area contributed by atoms with E-state index in [9.17, 15) is 4.79 Å². The number of rotatable bonds is 5. The highest BCUT2D eigenvalue weighted by atomic mass is 79.9. The lowest BCUT2D eigenvalue weighted by Gasteiger charge is -2.08. The van der Waals surface area contributed by atoms with E-state index in [1.807, 2.05) is 56.3 Å². The van der Waals surface area contributed by atoms with Crippen molar-refractivity contribution in [2.24, 2.45) is 0 Å². The highest BCUT2D eigenvalue weighted by Gasteiger charge is 2.04. The van der Waals surface area contributed by atoms with Gasteiger partial charge in [-0.3, -0.25) is 4.79 Å². The topological polar surface area (TPSA) is 38.3 Å². The second kappa shape index (κ2) is 7.80. The summed E-state index contributed by atoms with van der Waals surface area (Å²) in [6.45, 7) is 4.47. The fourth-order valence-electron chi connectivity index (χ4n) is 1.99. The molecule has 2 rings (SSSR count). The highest BCUT2D eigenvalue weighted by molar-refractivity contribution is 9.10. The summed E-state index contributed by atoms with van der Waals surface area (Å²) in [6, 6.07) is 13.4. The molecule has 1 amide bonds. The minimum absolute atomic E-state index is 0.170. The molecule has 22 heavy (non-hydrogen) atoms. The van der Waals surface area contributed by atoms with Crippen LogP contribution in [0.25, 0.3) is 6.08 Å². The van der Waals surface area contributed by atoms with E-state index in [0.29, 0.717) is 6.61 Å². The molecule has 0 aliphatic heterocycles. The molecule has 0 aliphatic carbocycles. The Bertz CT molecular complexity index is 695. The number of aryl methyl sites for hydroxylation is 1. The molecule has 2 aromatic rings. The lowest BCUT2D eigenvalue weighted by Crippen LogP contribution is -2.08. The number of hydrogen-bond donors (Lipinski definition) is 1. The maximum atomic E-state index is 12.0. The molecule has 0 radical (unpaired) electrons. The number of ether oxygens (including phenoxy) is 1. The summed E-state index contributed by atoms with van der Waals surface area (Å²) >= 11 is 3.43. The molecule has 4 heteroatoms. The van der Waals surface area contributed by atoms with Gasteiger partial charge >= 0.3 is 0 Å². The third-order valence-corrected chi connectivity index (χ3v) is 3.58. The van der Waals surface area contributed by atoms with Gasteiger partial charge in [0.15, 0.2) is 0 Å². The first-order valence-corrected chi connectivity index (χ1v) is 7.86. The second-order valence-corrected chi connectivity index (χ2v) is 5.67. The minimum Gasteiger partial charge on any atom is -0.493 e. The Labute approximate surface area is 139 Å². The van der Waals surface area contributed by atoms with Crippen LogP contribution in [0.2, 0.25) is 0 Å². The maximum Gasteiger partial charge on any atom is 0.248 e. The van der Waals surface area contributed by atoms with Crippen molar-refractivity contribution in [1.82, 2.24) is 0 Å². The zero-order chi connectivity index (χ0) is 15.9. The Balaban J connectivity index is 2.13. The van der Waals surface area contributed by atoms with Gasteiger partial charge in [-0.15, -0.1) is 0 Å². The Morgan fingerprint density at radius 3 is 2.77 bits per heavy atom. The van der Waals surface area contributed by atoms with Crippen LogP contribution in [-0.2, 0) is 4.79 Å². The summed E-state index contributed by atoms with van der Waals surface area (Å²) in [4.78, 5) is 12.0. The Kier molecular flexibility index (Phi) is 5.78. The Morgan fingerprint density at radius 1 is 1.27 bits per heavy atom. The van der Waals surface area contributed by atoms with Crippen molar-refractivity contribution < 1.29 is 9.53 Å². The van der Waals surface area contributed by atoms with E-state index in [4.69, 9.17) is 4.74 Å². The predicted octanol–water partition coefficient (Wildman–Crippen LogP) is 4.81. The molecule has 0 unspecified atom stereocenters. The van der Waals surface area contributed by atoms with E-state index < -0.39 is 0 Å². The molecule has 0 fully saturated rings. The van der Waals surface area contributed by atoms with Crippen LogP contribution in [-0.4, -0.2) is 12.5 Å². The SMILES string of the molecule is CCOc1ccc(Br)cc1/C=C/C(=O)Nc1ccccc1C. The number of nitrogens with one attached hydrogen (secondary N) is 1. The van der Waals surface area contributed by atoms with E-state index in [2.05, 4.69) is 21.2 Å². The lowest BCUT2D eigenvalue weighted by molar-refractivity contribution is -0.111. The van der Waals surface area contributed by atoms with Crippen LogP contribution in [0.3, 0.4) is 0 Å². The fourth-order valence-corrected chi connectivity index (χ4v) is 2.37. The predicted molar refractivity (Wildman–Crippen MR) is 94.2 cm³/mol. The van der Waals surface area contributed by atoms with Crippen LogP contribution < -0.4 is 10.1 Å². The van der Waals surface area contributed by atoms with Crippen LogP contribution in [0.15, 0.2) is 53.0 Å². The maximum absolute atomic E-state index is 12.0. The van der Waals surface area contributed by atoms with Gasteiger partial charge in [-0.05, 0) is 49.8 Å². The van der Waals surface area contributed by atoms with E-state index in [0.717, 1.165) is 27.0 Å². The van der Waals surface area contributed by atoms with Crippen LogP contribution in [0.4, 0.5) is 5.69 Å². The number of amides is 1. The van der Waals surface area contributed by atoms with E-state index in [1.54, 1.807) is 6.08 Å². The molecule has 2 aromatic carbocycles. The molecule has 0 bridgehead atoms. The van der Waals surface area contributed by atoms with E-state index in [1.165, 1.54) is 6.08 Å². The third kappa shape index (κ3) is 4.46. The van der Waals surface area contributed by atoms with Crippen molar-refractivity contribution in [1.29, 1.82) is 0 Å². The molecule has 0 spiro atoms. The number of halogens is 1. The first-order chi connectivity index (χ1) is 10.6. The minimum atomic E-state index is -0.170. The number of carbonyl (C=O) groups is 1. The van der Waals surface area contributed by atoms with Crippen LogP contribution >= 0.6 is 15.9 Å². The quantitative estimate of drug-likeness (QED) is 0.778. The molecule has 0 saturated heterocycles. The zero-order valence-corrected chi connectivity index (χ0v) is 14.2. The van der Waals surface area contributed by atoms with Crippen molar-refractivity contribution in [2.45, 2.75) is 13.8 Å². The summed E-state index contributed by atoms with van der Waals surface area (Å²) < 4.78 is 6.50. The van der Waals surface area contributed by atoms with Gasteiger partial charge in [0, 0.05) is 21.8 Å². The van der Waals surface area contributed by atoms with Crippen LogP contribution in [0, 0.1) is 6.92 Å². The molecule has 0 aliphatic rings. The smallest absolute Gasteiger partial charge is 0.248 e. The molecule has 0 aromatic heterocycles. The standard InChI is InChI=1S/C18H18BrNO2/c1-3-22-17-10-9-15(19)12-14(17)8-11-18(21)20-16-7-5-4-6-13(16)2/h4-12H,3H2,1-2H3,(H,20,21)/b11-8+. The third-order valence-electron chi connectivity index (χ3n) is 3.09. The number of anilines is 1. The van der Waals surface area contributed by atoms with Crippen molar-refractivity contribution in [3.8, 4) is 5.75 Å². The van der Waals surface area contributed by atoms with Gasteiger partial charge in [-0.2, -0.15) is 0 Å². The lowest BCUT2D eigenvalue weighted by atomic mass is 10.1. The first-order valence-electron chi connectivity index (χ1n) is 7.07. The summed E-state index contributed by atoms with van der Waals surface area (Å²) in [5.41, 5.74) is 2.70. The Morgan fingerprint density at radius 2 is 2.05 bits per heavy atom. The van der Waals surface area contributed by atoms with E-state index >= 15 is 0 Å². The van der Waals surface area contributed by atoms with Gasteiger partial charge in [0.05, 0.1) is 6.61 Å². The molecule has 0 heterocycles. The van der Waals surface area contributed by atoms with E-state index in [-0.39, 0.29) is 5.91 Å². The molecular weight excluding hydrogens is 342 g/mol. The Hall–Kier alpha value is -2.07. The van der Waals surface area contributed by atoms with Crippen LogP contribution in [0.1, 0.15) is 18.1 Å².